The van der Waals surface area contributed by atoms with E-state index in [1.54, 1.807) is 0 Å². The number of aliphatic hydroxyl groups excluding tert-OH is 1. The van der Waals surface area contributed by atoms with Crippen molar-refractivity contribution in [2.24, 2.45) is 0 Å². The van der Waals surface area contributed by atoms with Crippen LogP contribution < -0.4 is 0 Å². The minimum Gasteiger partial charge on any atom is -0.478 e. The normalized spacial score (nSPS) is 12.4. The lowest BCUT2D eigenvalue weighted by Gasteiger charge is -2.01. The molecule has 3 heteroatoms. The van der Waals surface area contributed by atoms with Gasteiger partial charge in [-0.25, -0.2) is 4.79 Å². The number of hydrogen-bond donors (Lipinski definition) is 2. The Labute approximate surface area is 110 Å². The van der Waals surface area contributed by atoms with E-state index in [2.05, 4.69) is 32.9 Å². The fourth-order valence-electron chi connectivity index (χ4n) is 1.57. The maximum Gasteiger partial charge on any atom is 0.331 e. The summed E-state index contributed by atoms with van der Waals surface area (Å²) in [5, 5.41) is 17.6. The Hall–Kier alpha value is -1.35. The first-order valence-electron chi connectivity index (χ1n) is 6.29. The van der Waals surface area contributed by atoms with Gasteiger partial charge in [-0.1, -0.05) is 23.3 Å². The molecule has 0 spiro atoms. The number of aliphatic carboxylic acids is 1. The Morgan fingerprint density at radius 1 is 1.00 bits per heavy atom. The number of rotatable bonds is 8. The molecule has 0 saturated heterocycles. The Kier molecular flexibility index (Phi) is 8.93. The molecule has 3 nitrogen and oxygen atoms in total. The molecule has 0 rings (SSSR count). The molecule has 0 aliphatic rings. The van der Waals surface area contributed by atoms with Crippen LogP contribution >= 0.6 is 0 Å². The molecule has 0 saturated carbocycles. The number of aliphatic hydroxyl groups is 1. The van der Waals surface area contributed by atoms with Crippen molar-refractivity contribution in [1.29, 1.82) is 0 Å². The average molecular weight is 252 g/mol. The van der Waals surface area contributed by atoms with Crippen LogP contribution in [-0.4, -0.2) is 22.8 Å². The van der Waals surface area contributed by atoms with Crippen molar-refractivity contribution in [3.8, 4) is 0 Å². The predicted molar refractivity (Wildman–Crippen MR) is 74.5 cm³/mol. The highest BCUT2D eigenvalue weighted by atomic mass is 16.4. The average Bonchev–Trinajstić information content (AvgIpc) is 2.27. The van der Waals surface area contributed by atoms with Crippen LogP contribution in [0.2, 0.25) is 0 Å². The molecule has 0 aliphatic carbocycles. The van der Waals surface area contributed by atoms with Gasteiger partial charge in [-0.3, -0.25) is 0 Å². The molecule has 0 bridgehead atoms. The summed E-state index contributed by atoms with van der Waals surface area (Å²) in [6, 6.07) is 0. The van der Waals surface area contributed by atoms with Gasteiger partial charge in [-0.2, -0.15) is 0 Å². The van der Waals surface area contributed by atoms with E-state index in [0.29, 0.717) is 12.8 Å². The molecule has 0 aromatic rings. The van der Waals surface area contributed by atoms with Gasteiger partial charge in [0.25, 0.3) is 0 Å². The van der Waals surface area contributed by atoms with Crippen LogP contribution in [0.4, 0.5) is 0 Å². The van der Waals surface area contributed by atoms with E-state index in [4.69, 9.17) is 10.2 Å². The summed E-state index contributed by atoms with van der Waals surface area (Å²) in [4.78, 5) is 10.8. The molecule has 0 aliphatic heterocycles. The molecular formula is C15H24O3. The molecule has 0 atom stereocenters. The lowest BCUT2D eigenvalue weighted by Crippen LogP contribution is -2.01. The minimum atomic E-state index is -0.945. The van der Waals surface area contributed by atoms with Crippen LogP contribution in [-0.2, 0) is 4.79 Å². The Morgan fingerprint density at radius 3 is 2.11 bits per heavy atom. The zero-order valence-electron chi connectivity index (χ0n) is 11.6. The van der Waals surface area contributed by atoms with Crippen LogP contribution in [0, 0.1) is 0 Å². The molecule has 0 heterocycles. The summed E-state index contributed by atoms with van der Waals surface area (Å²) < 4.78 is 0. The van der Waals surface area contributed by atoms with Gasteiger partial charge in [0.05, 0.1) is 6.61 Å². The second-order valence-electron chi connectivity index (χ2n) is 4.63. The van der Waals surface area contributed by atoms with E-state index in [1.807, 2.05) is 0 Å². The van der Waals surface area contributed by atoms with E-state index in [1.165, 1.54) is 17.2 Å². The third-order valence-corrected chi connectivity index (χ3v) is 2.61. The Morgan fingerprint density at radius 2 is 1.61 bits per heavy atom. The van der Waals surface area contributed by atoms with Gasteiger partial charge in [0.15, 0.2) is 0 Å². The van der Waals surface area contributed by atoms with Crippen molar-refractivity contribution in [2.75, 3.05) is 6.61 Å². The third-order valence-electron chi connectivity index (χ3n) is 2.61. The van der Waals surface area contributed by atoms with E-state index in [-0.39, 0.29) is 12.2 Å². The van der Waals surface area contributed by atoms with Gasteiger partial charge in [-0.05, 0) is 52.5 Å². The van der Waals surface area contributed by atoms with Crippen LogP contribution in [0.25, 0.3) is 0 Å². The van der Waals surface area contributed by atoms with Crippen molar-refractivity contribution in [3.63, 3.8) is 0 Å². The fourth-order valence-corrected chi connectivity index (χ4v) is 1.57. The second kappa shape index (κ2) is 9.66. The van der Waals surface area contributed by atoms with Gasteiger partial charge >= 0.3 is 5.97 Å². The van der Waals surface area contributed by atoms with Crippen molar-refractivity contribution < 1.29 is 15.0 Å². The largest absolute Gasteiger partial charge is 0.478 e. The van der Waals surface area contributed by atoms with Crippen molar-refractivity contribution >= 4 is 5.97 Å². The second-order valence-corrected chi connectivity index (χ2v) is 4.63. The van der Waals surface area contributed by atoms with Gasteiger partial charge in [-0.15, -0.1) is 0 Å². The fraction of sp³-hybridized carbons (Fsp3) is 0.533. The highest BCUT2D eigenvalue weighted by Gasteiger charge is 2.04. The number of hydrogen-bond acceptors (Lipinski definition) is 2. The summed E-state index contributed by atoms with van der Waals surface area (Å²) in [6.45, 7) is 6.01. The molecule has 0 radical (unpaired) electrons. The van der Waals surface area contributed by atoms with Crippen molar-refractivity contribution in [2.45, 2.75) is 46.5 Å². The van der Waals surface area contributed by atoms with E-state index in [9.17, 15) is 4.79 Å². The minimum absolute atomic E-state index is 0.217. The van der Waals surface area contributed by atoms with Crippen LogP contribution in [0.3, 0.4) is 0 Å². The highest BCUT2D eigenvalue weighted by molar-refractivity contribution is 5.86. The number of carboxylic acid groups (broad SMARTS) is 1. The topological polar surface area (TPSA) is 57.5 Å². The summed E-state index contributed by atoms with van der Waals surface area (Å²) >= 11 is 0. The maximum atomic E-state index is 10.8. The molecule has 0 amide bonds. The Bertz CT molecular complexity index is 345. The lowest BCUT2D eigenvalue weighted by atomic mass is 10.1. The number of allylic oxidation sites excluding steroid dienone is 4. The molecule has 18 heavy (non-hydrogen) atoms. The van der Waals surface area contributed by atoms with Gasteiger partial charge in [0.1, 0.15) is 0 Å². The maximum absolute atomic E-state index is 10.8. The van der Waals surface area contributed by atoms with Crippen molar-refractivity contribution in [3.05, 3.63) is 34.9 Å². The quantitative estimate of drug-likeness (QED) is 0.514. The summed E-state index contributed by atoms with van der Waals surface area (Å²) in [7, 11) is 0. The number of carboxylic acids is 1. The van der Waals surface area contributed by atoms with Crippen molar-refractivity contribution in [1.82, 2.24) is 0 Å². The van der Waals surface area contributed by atoms with Crippen LogP contribution in [0.1, 0.15) is 46.5 Å². The predicted octanol–water partition coefficient (Wildman–Crippen LogP) is 3.46. The highest BCUT2D eigenvalue weighted by Crippen LogP contribution is 2.11. The number of carbonyl (C=O) groups is 1. The molecule has 0 aromatic heterocycles. The summed E-state index contributed by atoms with van der Waals surface area (Å²) in [5.74, 6) is -0.945. The monoisotopic (exact) mass is 252 g/mol. The molecule has 0 fully saturated rings. The third kappa shape index (κ3) is 8.76. The molecule has 2 N–H and O–H groups in total. The first-order valence-corrected chi connectivity index (χ1v) is 6.29. The molecule has 102 valence electrons. The standard InChI is InChI=1S/C15H24O3/c1-12(2)6-4-7-13(3)8-5-9-14(10-11-16)15(17)18/h6,8,10,16H,4-5,7,9,11H2,1-3H3,(H,17,18)/b13-8+,14-10+. The van der Waals surface area contributed by atoms with Crippen LogP contribution in [0.15, 0.2) is 34.9 Å². The first-order chi connectivity index (χ1) is 8.47. The first kappa shape index (κ1) is 16.6. The lowest BCUT2D eigenvalue weighted by molar-refractivity contribution is -0.132. The van der Waals surface area contributed by atoms with E-state index in [0.717, 1.165) is 12.8 Å². The Balaban J connectivity index is 4.10. The van der Waals surface area contributed by atoms with Gasteiger partial charge in [0, 0.05) is 5.57 Å². The van der Waals surface area contributed by atoms with Gasteiger partial charge < -0.3 is 10.2 Å². The van der Waals surface area contributed by atoms with E-state index >= 15 is 0 Å². The molecule has 0 aromatic carbocycles. The smallest absolute Gasteiger partial charge is 0.331 e. The SMILES string of the molecule is CC(C)=CCC/C(C)=C/CC/C(=C\CO)C(=O)O. The zero-order chi connectivity index (χ0) is 14.0. The molecular weight excluding hydrogens is 228 g/mol. The van der Waals surface area contributed by atoms with E-state index < -0.39 is 5.97 Å². The summed E-state index contributed by atoms with van der Waals surface area (Å²) in [5.41, 5.74) is 2.88. The van der Waals surface area contributed by atoms with Crippen LogP contribution in [0.5, 0.6) is 0 Å². The molecule has 0 unspecified atom stereocenters. The zero-order valence-corrected chi connectivity index (χ0v) is 11.6. The van der Waals surface area contributed by atoms with Gasteiger partial charge in [0.2, 0.25) is 0 Å². The summed E-state index contributed by atoms with van der Waals surface area (Å²) in [6.07, 6.45) is 8.85.